The highest BCUT2D eigenvalue weighted by atomic mass is 32.1. The van der Waals surface area contributed by atoms with Gasteiger partial charge in [0, 0.05) is 23.3 Å². The van der Waals surface area contributed by atoms with Gasteiger partial charge in [-0.1, -0.05) is 0 Å². The van der Waals surface area contributed by atoms with Crippen molar-refractivity contribution in [2.24, 2.45) is 0 Å². The molecule has 20 heavy (non-hydrogen) atoms. The molecule has 0 radical (unpaired) electrons. The van der Waals surface area contributed by atoms with Gasteiger partial charge in [-0.25, -0.2) is 4.79 Å². The first-order chi connectivity index (χ1) is 9.63. The molecule has 0 saturated carbocycles. The summed E-state index contributed by atoms with van der Waals surface area (Å²) in [5.74, 6) is -1.10. The molecular weight excluding hydrogens is 278 g/mol. The molecule has 0 aliphatic rings. The summed E-state index contributed by atoms with van der Waals surface area (Å²) in [6, 6.07) is 3.60. The number of carbonyl (C=O) groups excluding carboxylic acids is 1. The van der Waals surface area contributed by atoms with Crippen molar-refractivity contribution in [3.05, 3.63) is 46.4 Å². The van der Waals surface area contributed by atoms with E-state index in [-0.39, 0.29) is 12.5 Å². The Morgan fingerprint density at radius 2 is 2.35 bits per heavy atom. The Bertz CT molecular complexity index is 617. The lowest BCUT2D eigenvalue weighted by atomic mass is 10.3. The van der Waals surface area contributed by atoms with Crippen molar-refractivity contribution in [2.45, 2.75) is 13.1 Å². The summed E-state index contributed by atoms with van der Waals surface area (Å²) in [6.45, 7) is 0.607. The fraction of sp³-hybridized carbons (Fsp3) is 0.154. The summed E-state index contributed by atoms with van der Waals surface area (Å²) in [5, 5.41) is 17.1. The number of rotatable bonds is 6. The average Bonchev–Trinajstić information content (AvgIpc) is 3.05. The van der Waals surface area contributed by atoms with E-state index in [0.717, 1.165) is 16.5 Å². The first-order valence-corrected chi connectivity index (χ1v) is 6.74. The van der Waals surface area contributed by atoms with Crippen molar-refractivity contribution < 1.29 is 14.7 Å². The molecule has 0 aromatic carbocycles. The lowest BCUT2D eigenvalue weighted by Crippen LogP contribution is -2.26. The van der Waals surface area contributed by atoms with E-state index in [2.05, 4.69) is 10.4 Å². The minimum absolute atomic E-state index is 0.121. The summed E-state index contributed by atoms with van der Waals surface area (Å²) in [5.41, 5.74) is 0.814. The van der Waals surface area contributed by atoms with Crippen molar-refractivity contribution in [1.82, 2.24) is 15.1 Å². The van der Waals surface area contributed by atoms with Crippen LogP contribution in [-0.4, -0.2) is 26.8 Å². The second-order valence-corrected chi connectivity index (χ2v) is 4.99. The number of aromatic nitrogens is 2. The van der Waals surface area contributed by atoms with Crippen LogP contribution in [-0.2, 0) is 22.7 Å². The standard InChI is InChI=1S/C13H13N3O3S/c17-12(8-16-5-1-4-15-16)14-7-11-6-10(9-20-11)2-3-13(18)19/h1-6,9H,7-8H2,(H,14,17)(H,18,19). The van der Waals surface area contributed by atoms with Crippen molar-refractivity contribution in [2.75, 3.05) is 0 Å². The summed E-state index contributed by atoms with van der Waals surface area (Å²) in [4.78, 5) is 23.0. The van der Waals surface area contributed by atoms with Crippen LogP contribution in [0.4, 0.5) is 0 Å². The number of nitrogens with one attached hydrogen (secondary N) is 1. The quantitative estimate of drug-likeness (QED) is 0.787. The van der Waals surface area contributed by atoms with Gasteiger partial charge in [0.25, 0.3) is 0 Å². The van der Waals surface area contributed by atoms with Crippen LogP contribution in [0.3, 0.4) is 0 Å². The maximum atomic E-state index is 11.6. The van der Waals surface area contributed by atoms with Gasteiger partial charge in [-0.2, -0.15) is 5.10 Å². The molecule has 2 heterocycles. The van der Waals surface area contributed by atoms with Crippen LogP contribution in [0.15, 0.2) is 36.0 Å². The van der Waals surface area contributed by atoms with Gasteiger partial charge in [-0.15, -0.1) is 11.3 Å². The topological polar surface area (TPSA) is 84.2 Å². The molecule has 2 aromatic heterocycles. The number of nitrogens with zero attached hydrogens (tertiary/aromatic N) is 2. The van der Waals surface area contributed by atoms with E-state index in [0.29, 0.717) is 6.54 Å². The molecule has 0 atom stereocenters. The minimum atomic E-state index is -0.981. The number of amides is 1. The van der Waals surface area contributed by atoms with Gasteiger partial charge in [-0.3, -0.25) is 9.48 Å². The van der Waals surface area contributed by atoms with Gasteiger partial charge in [0.05, 0.1) is 6.54 Å². The molecule has 2 aromatic rings. The zero-order chi connectivity index (χ0) is 14.4. The molecule has 0 aliphatic carbocycles. The normalized spacial score (nSPS) is 10.8. The lowest BCUT2D eigenvalue weighted by molar-refractivity contribution is -0.131. The summed E-state index contributed by atoms with van der Waals surface area (Å²) in [7, 11) is 0. The summed E-state index contributed by atoms with van der Waals surface area (Å²) >= 11 is 1.47. The summed E-state index contributed by atoms with van der Waals surface area (Å²) in [6.07, 6.45) is 5.95. The van der Waals surface area contributed by atoms with E-state index < -0.39 is 5.97 Å². The van der Waals surface area contributed by atoms with Crippen molar-refractivity contribution in [3.63, 3.8) is 0 Å². The molecule has 2 rings (SSSR count). The fourth-order valence-corrected chi connectivity index (χ4v) is 2.32. The molecule has 0 bridgehead atoms. The van der Waals surface area contributed by atoms with Crippen molar-refractivity contribution in [3.8, 4) is 0 Å². The van der Waals surface area contributed by atoms with Gasteiger partial charge in [0.15, 0.2) is 0 Å². The maximum absolute atomic E-state index is 11.6. The number of carboxylic acids is 1. The Hall–Kier alpha value is -2.41. The van der Waals surface area contributed by atoms with E-state index in [1.165, 1.54) is 17.4 Å². The van der Waals surface area contributed by atoms with Gasteiger partial charge in [0.1, 0.15) is 6.54 Å². The van der Waals surface area contributed by atoms with E-state index in [1.54, 1.807) is 23.1 Å². The molecule has 0 spiro atoms. The number of hydrogen-bond acceptors (Lipinski definition) is 4. The third kappa shape index (κ3) is 4.36. The zero-order valence-corrected chi connectivity index (χ0v) is 11.3. The molecule has 2 N–H and O–H groups in total. The molecular formula is C13H13N3O3S. The highest BCUT2D eigenvalue weighted by molar-refractivity contribution is 7.10. The van der Waals surface area contributed by atoms with Crippen LogP contribution in [0.1, 0.15) is 10.4 Å². The van der Waals surface area contributed by atoms with Crippen molar-refractivity contribution in [1.29, 1.82) is 0 Å². The Balaban J connectivity index is 1.82. The highest BCUT2D eigenvalue weighted by Crippen LogP contribution is 2.15. The lowest BCUT2D eigenvalue weighted by Gasteiger charge is -2.03. The molecule has 104 valence electrons. The third-order valence-corrected chi connectivity index (χ3v) is 3.37. The Labute approximate surface area is 119 Å². The Kier molecular flexibility index (Phi) is 4.67. The third-order valence-electron chi connectivity index (χ3n) is 2.42. The van der Waals surface area contributed by atoms with Crippen molar-refractivity contribution >= 4 is 29.3 Å². The fourth-order valence-electron chi connectivity index (χ4n) is 1.53. The molecule has 7 heteroatoms. The van der Waals surface area contributed by atoms with Crippen LogP contribution in [0, 0.1) is 0 Å². The van der Waals surface area contributed by atoms with E-state index >= 15 is 0 Å². The van der Waals surface area contributed by atoms with Crippen LogP contribution in [0.5, 0.6) is 0 Å². The van der Waals surface area contributed by atoms with Crippen LogP contribution >= 0.6 is 11.3 Å². The highest BCUT2D eigenvalue weighted by Gasteiger charge is 2.04. The molecule has 0 fully saturated rings. The second kappa shape index (κ2) is 6.67. The SMILES string of the molecule is O=C(O)C=Cc1csc(CNC(=O)Cn2cccn2)c1. The zero-order valence-electron chi connectivity index (χ0n) is 10.5. The van der Waals surface area contributed by atoms with Crippen LogP contribution < -0.4 is 5.32 Å². The molecule has 1 amide bonds. The Morgan fingerprint density at radius 3 is 3.05 bits per heavy atom. The first-order valence-electron chi connectivity index (χ1n) is 5.86. The maximum Gasteiger partial charge on any atom is 0.328 e. The molecule has 0 aliphatic heterocycles. The average molecular weight is 291 g/mol. The van der Waals surface area contributed by atoms with Crippen LogP contribution in [0.2, 0.25) is 0 Å². The number of carboxylic acid groups (broad SMARTS) is 1. The molecule has 0 unspecified atom stereocenters. The smallest absolute Gasteiger partial charge is 0.328 e. The van der Waals surface area contributed by atoms with Gasteiger partial charge < -0.3 is 10.4 Å². The summed E-state index contributed by atoms with van der Waals surface area (Å²) < 4.78 is 1.55. The molecule has 6 nitrogen and oxygen atoms in total. The predicted octanol–water partition coefficient (Wildman–Crippen LogP) is 1.36. The van der Waals surface area contributed by atoms with E-state index in [9.17, 15) is 9.59 Å². The first kappa shape index (κ1) is 14.0. The minimum Gasteiger partial charge on any atom is -0.478 e. The predicted molar refractivity (Wildman–Crippen MR) is 75.1 cm³/mol. The second-order valence-electron chi connectivity index (χ2n) is 4.00. The largest absolute Gasteiger partial charge is 0.478 e. The van der Waals surface area contributed by atoms with Gasteiger partial charge >= 0.3 is 5.97 Å². The Morgan fingerprint density at radius 1 is 1.50 bits per heavy atom. The number of hydrogen-bond donors (Lipinski definition) is 2. The van der Waals surface area contributed by atoms with Gasteiger partial charge in [0.2, 0.25) is 5.91 Å². The van der Waals surface area contributed by atoms with E-state index in [4.69, 9.17) is 5.11 Å². The number of aliphatic carboxylic acids is 1. The number of thiophene rings is 1. The van der Waals surface area contributed by atoms with Gasteiger partial charge in [-0.05, 0) is 29.2 Å². The number of carbonyl (C=O) groups is 2. The van der Waals surface area contributed by atoms with Crippen LogP contribution in [0.25, 0.3) is 6.08 Å². The molecule has 0 saturated heterocycles. The monoisotopic (exact) mass is 291 g/mol. The van der Waals surface area contributed by atoms with E-state index in [1.807, 2.05) is 11.4 Å².